The van der Waals surface area contributed by atoms with Crippen molar-refractivity contribution >= 4 is 17.7 Å². The molecule has 160 valence electrons. The van der Waals surface area contributed by atoms with Crippen molar-refractivity contribution in [2.75, 3.05) is 27.2 Å². The van der Waals surface area contributed by atoms with Gasteiger partial charge in [0.1, 0.15) is 6.04 Å². The number of carbonyl (C=O) groups is 3. The number of nitrogens with one attached hydrogen (secondary N) is 2. The summed E-state index contributed by atoms with van der Waals surface area (Å²) in [5.74, 6) is -0.382. The van der Waals surface area contributed by atoms with Crippen LogP contribution in [0.4, 0.5) is 0 Å². The van der Waals surface area contributed by atoms with Crippen molar-refractivity contribution in [1.29, 1.82) is 0 Å². The van der Waals surface area contributed by atoms with Crippen LogP contribution >= 0.6 is 0 Å². The van der Waals surface area contributed by atoms with E-state index in [2.05, 4.69) is 15.5 Å². The zero-order chi connectivity index (χ0) is 21.4. The first-order valence-electron chi connectivity index (χ1n) is 10.3. The third-order valence-electron chi connectivity index (χ3n) is 5.13. The van der Waals surface area contributed by atoms with Gasteiger partial charge in [-0.1, -0.05) is 26.3 Å². The van der Waals surface area contributed by atoms with E-state index in [-0.39, 0.29) is 35.7 Å². The average molecular weight is 395 g/mol. The van der Waals surface area contributed by atoms with E-state index < -0.39 is 6.04 Å². The minimum absolute atomic E-state index is 0.0258. The first-order chi connectivity index (χ1) is 13.0. The Hall–Kier alpha value is -1.89. The van der Waals surface area contributed by atoms with Gasteiger partial charge in [-0.05, 0) is 53.1 Å². The molecule has 1 saturated heterocycles. The van der Waals surface area contributed by atoms with E-state index >= 15 is 0 Å². The lowest BCUT2D eigenvalue weighted by Crippen LogP contribution is -2.56. The highest BCUT2D eigenvalue weighted by atomic mass is 16.2. The van der Waals surface area contributed by atoms with Crippen LogP contribution in [0.2, 0.25) is 0 Å². The van der Waals surface area contributed by atoms with Gasteiger partial charge in [0.15, 0.2) is 0 Å². The van der Waals surface area contributed by atoms with Gasteiger partial charge in [-0.3, -0.25) is 19.3 Å². The molecule has 2 atom stereocenters. The SMILES string of the molecule is C/C(=C\CN(C)C(=O)C(NC(=O)C1CCCCN1C)C(C)C)C(=O)NC(C)C. The fraction of sp³-hybridized carbons (Fsp3) is 0.762. The van der Waals surface area contributed by atoms with E-state index in [0.717, 1.165) is 25.8 Å². The molecule has 28 heavy (non-hydrogen) atoms. The van der Waals surface area contributed by atoms with E-state index in [1.165, 1.54) is 0 Å². The van der Waals surface area contributed by atoms with Crippen LogP contribution in [-0.4, -0.2) is 72.8 Å². The zero-order valence-corrected chi connectivity index (χ0v) is 18.5. The summed E-state index contributed by atoms with van der Waals surface area (Å²) >= 11 is 0. The molecule has 7 heteroatoms. The van der Waals surface area contributed by atoms with Crippen molar-refractivity contribution in [1.82, 2.24) is 20.4 Å². The second kappa shape index (κ2) is 11.2. The van der Waals surface area contributed by atoms with Crippen molar-refractivity contribution in [2.45, 2.75) is 72.0 Å². The van der Waals surface area contributed by atoms with Crippen LogP contribution in [0, 0.1) is 5.92 Å². The average Bonchev–Trinajstić information content (AvgIpc) is 2.62. The lowest BCUT2D eigenvalue weighted by atomic mass is 9.99. The molecule has 0 saturated carbocycles. The molecule has 0 aromatic heterocycles. The highest BCUT2D eigenvalue weighted by molar-refractivity contribution is 5.93. The predicted molar refractivity (Wildman–Crippen MR) is 112 cm³/mol. The van der Waals surface area contributed by atoms with Crippen molar-refractivity contribution in [3.63, 3.8) is 0 Å². The van der Waals surface area contributed by atoms with E-state index in [4.69, 9.17) is 0 Å². The Kier molecular flexibility index (Phi) is 9.65. The van der Waals surface area contributed by atoms with Gasteiger partial charge in [0.2, 0.25) is 17.7 Å². The molecule has 3 amide bonds. The molecule has 0 aromatic carbocycles. The van der Waals surface area contributed by atoms with Crippen LogP contribution in [0.1, 0.15) is 53.9 Å². The number of rotatable bonds is 8. The van der Waals surface area contributed by atoms with Crippen molar-refractivity contribution in [2.24, 2.45) is 5.92 Å². The molecule has 2 N–H and O–H groups in total. The van der Waals surface area contributed by atoms with E-state index in [1.807, 2.05) is 34.7 Å². The number of likely N-dealkylation sites (tertiary alicyclic amines) is 1. The maximum Gasteiger partial charge on any atom is 0.246 e. The van der Waals surface area contributed by atoms with E-state index in [1.54, 1.807) is 24.9 Å². The predicted octanol–water partition coefficient (Wildman–Crippen LogP) is 1.54. The molecule has 0 aliphatic carbocycles. The summed E-state index contributed by atoms with van der Waals surface area (Å²) in [6.07, 6.45) is 4.70. The largest absolute Gasteiger partial charge is 0.350 e. The standard InChI is InChI=1S/C21H38N4O3/c1-14(2)18(23-20(27)17-10-8-9-12-24(17)6)21(28)25(7)13-11-16(5)19(26)22-15(3)4/h11,14-15,17-18H,8-10,12-13H2,1-7H3,(H,22,26)(H,23,27)/b16-11+. The molecule has 1 rings (SSSR count). The van der Waals surface area contributed by atoms with Crippen LogP contribution in [0.15, 0.2) is 11.6 Å². The molecule has 0 radical (unpaired) electrons. The minimum Gasteiger partial charge on any atom is -0.350 e. The van der Waals surface area contributed by atoms with Crippen LogP contribution < -0.4 is 10.6 Å². The number of hydrogen-bond donors (Lipinski definition) is 2. The van der Waals surface area contributed by atoms with Crippen molar-refractivity contribution < 1.29 is 14.4 Å². The topological polar surface area (TPSA) is 81.8 Å². The quantitative estimate of drug-likeness (QED) is 0.612. The number of likely N-dealkylation sites (N-methyl/N-ethyl adjacent to an activating group) is 2. The highest BCUT2D eigenvalue weighted by Crippen LogP contribution is 2.16. The smallest absolute Gasteiger partial charge is 0.246 e. The fourth-order valence-electron chi connectivity index (χ4n) is 3.24. The Morgan fingerprint density at radius 3 is 2.32 bits per heavy atom. The number of carbonyl (C=O) groups excluding carboxylic acids is 3. The summed E-state index contributed by atoms with van der Waals surface area (Å²) in [7, 11) is 3.65. The molecular weight excluding hydrogens is 356 g/mol. The Labute approximate surface area is 169 Å². The molecule has 0 aromatic rings. The molecule has 1 heterocycles. The summed E-state index contributed by atoms with van der Waals surface area (Å²) in [6, 6.07) is -0.685. The van der Waals surface area contributed by atoms with E-state index in [0.29, 0.717) is 12.1 Å². The Bertz CT molecular complexity index is 586. The lowest BCUT2D eigenvalue weighted by molar-refractivity contribution is -0.138. The Balaban J connectivity index is 2.72. The lowest BCUT2D eigenvalue weighted by Gasteiger charge is -2.34. The first-order valence-corrected chi connectivity index (χ1v) is 10.3. The van der Waals surface area contributed by atoms with Crippen molar-refractivity contribution in [3.05, 3.63) is 11.6 Å². The molecule has 7 nitrogen and oxygen atoms in total. The van der Waals surface area contributed by atoms with Gasteiger partial charge in [0.05, 0.1) is 6.04 Å². The van der Waals surface area contributed by atoms with Gasteiger partial charge in [-0.25, -0.2) is 0 Å². The number of amides is 3. The highest BCUT2D eigenvalue weighted by Gasteiger charge is 2.32. The third kappa shape index (κ3) is 7.26. The molecule has 0 spiro atoms. The zero-order valence-electron chi connectivity index (χ0n) is 18.5. The van der Waals surface area contributed by atoms with Crippen LogP contribution in [-0.2, 0) is 14.4 Å². The summed E-state index contributed by atoms with van der Waals surface area (Å²) in [5, 5.41) is 5.79. The van der Waals surface area contributed by atoms with Gasteiger partial charge < -0.3 is 15.5 Å². The van der Waals surface area contributed by atoms with Gasteiger partial charge in [0, 0.05) is 25.2 Å². The molecule has 1 aliphatic heterocycles. The van der Waals surface area contributed by atoms with Crippen LogP contribution in [0.5, 0.6) is 0 Å². The van der Waals surface area contributed by atoms with Crippen molar-refractivity contribution in [3.8, 4) is 0 Å². The monoisotopic (exact) mass is 394 g/mol. The summed E-state index contributed by atoms with van der Waals surface area (Å²) < 4.78 is 0. The summed E-state index contributed by atoms with van der Waals surface area (Å²) in [4.78, 5) is 41.2. The van der Waals surface area contributed by atoms with Gasteiger partial charge in [-0.2, -0.15) is 0 Å². The van der Waals surface area contributed by atoms with E-state index in [9.17, 15) is 14.4 Å². The third-order valence-corrected chi connectivity index (χ3v) is 5.13. The number of hydrogen-bond acceptors (Lipinski definition) is 4. The second-order valence-electron chi connectivity index (χ2n) is 8.46. The molecule has 1 fully saturated rings. The number of piperidine rings is 1. The van der Waals surface area contributed by atoms with Gasteiger partial charge in [0.25, 0.3) is 0 Å². The maximum absolute atomic E-state index is 12.9. The fourth-order valence-corrected chi connectivity index (χ4v) is 3.24. The Morgan fingerprint density at radius 1 is 1.14 bits per heavy atom. The second-order valence-corrected chi connectivity index (χ2v) is 8.46. The molecular formula is C21H38N4O3. The Morgan fingerprint density at radius 2 is 1.79 bits per heavy atom. The first kappa shape index (κ1) is 24.1. The molecule has 1 aliphatic rings. The summed E-state index contributed by atoms with van der Waals surface area (Å²) in [5.41, 5.74) is 0.572. The van der Waals surface area contributed by atoms with Gasteiger partial charge >= 0.3 is 0 Å². The molecule has 2 unspecified atom stereocenters. The number of nitrogens with zero attached hydrogens (tertiary/aromatic N) is 2. The van der Waals surface area contributed by atoms with Crippen LogP contribution in [0.25, 0.3) is 0 Å². The maximum atomic E-state index is 12.9. The van der Waals surface area contributed by atoms with Gasteiger partial charge in [-0.15, -0.1) is 0 Å². The molecule has 0 bridgehead atoms. The summed E-state index contributed by atoms with van der Waals surface area (Å²) in [6.45, 7) is 10.6. The van der Waals surface area contributed by atoms with Crippen LogP contribution in [0.3, 0.4) is 0 Å². The minimum atomic E-state index is -0.578. The normalized spacial score (nSPS) is 19.5.